The largest absolute Gasteiger partial charge is 0.383 e. The maximum Gasteiger partial charge on any atom is 0.126 e. The lowest BCUT2D eigenvalue weighted by Crippen LogP contribution is -2.25. The molecule has 0 unspecified atom stereocenters. The Balaban J connectivity index is 3.07. The Bertz CT molecular complexity index is 380. The second-order valence-corrected chi connectivity index (χ2v) is 4.36. The molecule has 4 heteroatoms. The van der Waals surface area contributed by atoms with Gasteiger partial charge in [0.1, 0.15) is 5.82 Å². The van der Waals surface area contributed by atoms with E-state index in [0.29, 0.717) is 12.2 Å². The Morgan fingerprint density at radius 2 is 2.12 bits per heavy atom. The number of aryl methyl sites for hydroxylation is 1. The third-order valence-electron chi connectivity index (χ3n) is 2.84. The summed E-state index contributed by atoms with van der Waals surface area (Å²) in [5, 5.41) is 0. The molecular weight excluding hydrogens is 219 g/mol. The molecule has 0 heterocycles. The second-order valence-electron chi connectivity index (χ2n) is 4.36. The Kier molecular flexibility index (Phi) is 4.90. The number of rotatable bonds is 5. The van der Waals surface area contributed by atoms with Crippen LogP contribution >= 0.6 is 0 Å². The van der Waals surface area contributed by atoms with E-state index in [1.54, 1.807) is 14.0 Å². The van der Waals surface area contributed by atoms with E-state index in [1.165, 1.54) is 6.07 Å². The predicted octanol–water partition coefficient (Wildman–Crippen LogP) is 2.24. The Morgan fingerprint density at radius 3 is 2.65 bits per heavy atom. The molecule has 0 aliphatic carbocycles. The van der Waals surface area contributed by atoms with Gasteiger partial charge in [-0.3, -0.25) is 0 Å². The third-order valence-corrected chi connectivity index (χ3v) is 2.84. The van der Waals surface area contributed by atoms with Crippen LogP contribution in [0, 0.1) is 12.7 Å². The minimum absolute atomic E-state index is 0.190. The normalized spacial score (nSPS) is 12.6. The van der Waals surface area contributed by atoms with E-state index >= 15 is 0 Å². The molecule has 0 fully saturated rings. The number of benzene rings is 1. The molecule has 0 aromatic heterocycles. The van der Waals surface area contributed by atoms with Crippen molar-refractivity contribution in [2.24, 2.45) is 5.73 Å². The van der Waals surface area contributed by atoms with Gasteiger partial charge in [0.2, 0.25) is 0 Å². The van der Waals surface area contributed by atoms with Gasteiger partial charge in [-0.15, -0.1) is 0 Å². The highest BCUT2D eigenvalue weighted by Gasteiger charge is 2.13. The number of hydrogen-bond donors (Lipinski definition) is 1. The molecule has 96 valence electrons. The SMILES string of the molecule is COCCN(C)c1cc(C)c(F)cc1[C@@H](C)N. The number of anilines is 1. The quantitative estimate of drug-likeness (QED) is 0.857. The molecule has 0 aliphatic heterocycles. The van der Waals surface area contributed by atoms with E-state index in [2.05, 4.69) is 0 Å². The molecule has 0 saturated carbocycles. The van der Waals surface area contributed by atoms with E-state index in [4.69, 9.17) is 10.5 Å². The average Bonchev–Trinajstić information content (AvgIpc) is 2.28. The summed E-state index contributed by atoms with van der Waals surface area (Å²) in [5.74, 6) is -0.207. The van der Waals surface area contributed by atoms with Crippen LogP contribution in [0.25, 0.3) is 0 Å². The lowest BCUT2D eigenvalue weighted by molar-refractivity contribution is 0.206. The number of nitrogens with two attached hydrogens (primary N) is 1. The van der Waals surface area contributed by atoms with E-state index in [-0.39, 0.29) is 11.9 Å². The third kappa shape index (κ3) is 3.41. The average molecular weight is 240 g/mol. The summed E-state index contributed by atoms with van der Waals surface area (Å²) >= 11 is 0. The minimum Gasteiger partial charge on any atom is -0.383 e. The maximum absolute atomic E-state index is 13.5. The molecule has 0 amide bonds. The van der Waals surface area contributed by atoms with Crippen molar-refractivity contribution in [2.75, 3.05) is 32.2 Å². The van der Waals surface area contributed by atoms with Gasteiger partial charge in [0.05, 0.1) is 6.61 Å². The van der Waals surface area contributed by atoms with Gasteiger partial charge in [-0.2, -0.15) is 0 Å². The van der Waals surface area contributed by atoms with Crippen LogP contribution in [-0.2, 0) is 4.74 Å². The Morgan fingerprint density at radius 1 is 1.47 bits per heavy atom. The molecule has 0 saturated heterocycles. The van der Waals surface area contributed by atoms with Gasteiger partial charge in [-0.25, -0.2) is 4.39 Å². The first-order valence-corrected chi connectivity index (χ1v) is 5.73. The van der Waals surface area contributed by atoms with Crippen molar-refractivity contribution in [1.82, 2.24) is 0 Å². The maximum atomic E-state index is 13.5. The fraction of sp³-hybridized carbons (Fsp3) is 0.538. The van der Waals surface area contributed by atoms with Gasteiger partial charge in [0, 0.05) is 32.4 Å². The second kappa shape index (κ2) is 5.98. The number of halogens is 1. The summed E-state index contributed by atoms with van der Waals surface area (Å²) in [7, 11) is 3.62. The zero-order chi connectivity index (χ0) is 13.0. The zero-order valence-corrected chi connectivity index (χ0v) is 11.0. The predicted molar refractivity (Wildman–Crippen MR) is 68.9 cm³/mol. The highest BCUT2D eigenvalue weighted by molar-refractivity contribution is 5.56. The summed E-state index contributed by atoms with van der Waals surface area (Å²) in [6.45, 7) is 5.00. The summed E-state index contributed by atoms with van der Waals surface area (Å²) in [4.78, 5) is 2.04. The first-order valence-electron chi connectivity index (χ1n) is 5.73. The van der Waals surface area contributed by atoms with Gasteiger partial charge in [0.15, 0.2) is 0 Å². The van der Waals surface area contributed by atoms with Gasteiger partial charge < -0.3 is 15.4 Å². The molecule has 1 atom stereocenters. The van der Waals surface area contributed by atoms with Gasteiger partial charge >= 0.3 is 0 Å². The molecule has 1 aromatic carbocycles. The summed E-state index contributed by atoms with van der Waals surface area (Å²) in [6, 6.07) is 3.17. The van der Waals surface area contributed by atoms with Crippen LogP contribution in [-0.4, -0.2) is 27.3 Å². The van der Waals surface area contributed by atoms with Gasteiger partial charge in [-0.1, -0.05) is 0 Å². The first-order chi connectivity index (χ1) is 7.97. The lowest BCUT2D eigenvalue weighted by Gasteiger charge is -2.24. The first kappa shape index (κ1) is 13.9. The topological polar surface area (TPSA) is 38.5 Å². The highest BCUT2D eigenvalue weighted by Crippen LogP contribution is 2.27. The minimum atomic E-state index is -0.207. The van der Waals surface area contributed by atoms with E-state index in [9.17, 15) is 4.39 Å². The molecule has 2 N–H and O–H groups in total. The molecule has 0 bridgehead atoms. The van der Waals surface area contributed by atoms with E-state index in [0.717, 1.165) is 17.8 Å². The Hall–Kier alpha value is -1.13. The molecule has 3 nitrogen and oxygen atoms in total. The van der Waals surface area contributed by atoms with Crippen molar-refractivity contribution in [3.8, 4) is 0 Å². The number of nitrogens with zero attached hydrogens (tertiary/aromatic N) is 1. The highest BCUT2D eigenvalue weighted by atomic mass is 19.1. The van der Waals surface area contributed by atoms with E-state index in [1.807, 2.05) is 24.9 Å². The number of likely N-dealkylation sites (N-methyl/N-ethyl adjacent to an activating group) is 1. The van der Waals surface area contributed by atoms with Crippen molar-refractivity contribution in [3.05, 3.63) is 29.1 Å². The van der Waals surface area contributed by atoms with Crippen molar-refractivity contribution < 1.29 is 9.13 Å². The molecule has 17 heavy (non-hydrogen) atoms. The van der Waals surface area contributed by atoms with Crippen LogP contribution in [0.2, 0.25) is 0 Å². The zero-order valence-electron chi connectivity index (χ0n) is 11.0. The van der Waals surface area contributed by atoms with Crippen LogP contribution in [0.3, 0.4) is 0 Å². The molecule has 1 rings (SSSR count). The van der Waals surface area contributed by atoms with Crippen molar-refractivity contribution in [3.63, 3.8) is 0 Å². The molecule has 1 aromatic rings. The summed E-state index contributed by atoms with van der Waals surface area (Å²) < 4.78 is 18.6. The van der Waals surface area contributed by atoms with Crippen LogP contribution in [0.5, 0.6) is 0 Å². The molecule has 0 spiro atoms. The summed E-state index contributed by atoms with van der Waals surface area (Å²) in [6.07, 6.45) is 0. The van der Waals surface area contributed by atoms with Crippen molar-refractivity contribution in [1.29, 1.82) is 0 Å². The van der Waals surface area contributed by atoms with Gasteiger partial charge in [0.25, 0.3) is 0 Å². The van der Waals surface area contributed by atoms with Gasteiger partial charge in [-0.05, 0) is 37.1 Å². The number of hydrogen-bond acceptors (Lipinski definition) is 3. The fourth-order valence-corrected chi connectivity index (χ4v) is 1.73. The van der Waals surface area contributed by atoms with Crippen LogP contribution < -0.4 is 10.6 Å². The van der Waals surface area contributed by atoms with E-state index < -0.39 is 0 Å². The molecular formula is C13H21FN2O. The fourth-order valence-electron chi connectivity index (χ4n) is 1.73. The lowest BCUT2D eigenvalue weighted by atomic mass is 10.0. The monoisotopic (exact) mass is 240 g/mol. The summed E-state index contributed by atoms with van der Waals surface area (Å²) in [5.41, 5.74) is 8.30. The van der Waals surface area contributed by atoms with Crippen molar-refractivity contribution >= 4 is 5.69 Å². The standard InChI is InChI=1S/C13H21FN2O/c1-9-7-13(16(3)5-6-17-4)11(10(2)15)8-12(9)14/h7-8,10H,5-6,15H2,1-4H3/t10-/m1/s1. The van der Waals surface area contributed by atoms with Crippen LogP contribution in [0.15, 0.2) is 12.1 Å². The Labute approximate surface area is 102 Å². The van der Waals surface area contributed by atoms with Crippen LogP contribution in [0.1, 0.15) is 24.1 Å². The van der Waals surface area contributed by atoms with Crippen LogP contribution in [0.4, 0.5) is 10.1 Å². The van der Waals surface area contributed by atoms with Crippen molar-refractivity contribution in [2.45, 2.75) is 19.9 Å². The number of methoxy groups -OCH3 is 1. The molecule has 0 aliphatic rings. The molecule has 0 radical (unpaired) electrons. The number of ether oxygens (including phenoxy) is 1. The smallest absolute Gasteiger partial charge is 0.126 e.